The Morgan fingerprint density at radius 1 is 1.03 bits per heavy atom. The van der Waals surface area contributed by atoms with Gasteiger partial charge in [0.15, 0.2) is 11.5 Å². The maximum atomic E-state index is 12.9. The van der Waals surface area contributed by atoms with Crippen molar-refractivity contribution in [1.29, 1.82) is 0 Å². The molecule has 1 fully saturated rings. The maximum Gasteiger partial charge on any atom is 0.340 e. The largest absolute Gasteiger partial charge is 0.493 e. The Morgan fingerprint density at radius 2 is 1.71 bits per heavy atom. The number of ether oxygens (including phenoxy) is 3. The van der Waals surface area contributed by atoms with Crippen LogP contribution in [0.5, 0.6) is 11.5 Å². The van der Waals surface area contributed by atoms with E-state index in [1.807, 2.05) is 0 Å². The number of amides is 1. The van der Waals surface area contributed by atoms with E-state index in [0.29, 0.717) is 17.2 Å². The summed E-state index contributed by atoms with van der Waals surface area (Å²) in [6, 6.07) is 11.6. The van der Waals surface area contributed by atoms with Gasteiger partial charge in [-0.15, -0.1) is 0 Å². The number of methoxy groups -OCH3 is 3. The van der Waals surface area contributed by atoms with E-state index in [-0.39, 0.29) is 17.4 Å². The SMILES string of the molecule is COC(=O)c1cc(OC)c(OC)cc1NC(=O)C1CCN(Cc2cccc(C)c2)CC1. The van der Waals surface area contributed by atoms with Gasteiger partial charge >= 0.3 is 5.97 Å². The number of carbonyl (C=O) groups is 2. The molecule has 1 heterocycles. The first-order valence-electron chi connectivity index (χ1n) is 10.4. The minimum absolute atomic E-state index is 0.104. The molecule has 1 amide bonds. The van der Waals surface area contributed by atoms with Gasteiger partial charge in [0, 0.05) is 24.6 Å². The summed E-state index contributed by atoms with van der Waals surface area (Å²) < 4.78 is 15.4. The molecule has 0 radical (unpaired) electrons. The zero-order valence-corrected chi connectivity index (χ0v) is 18.6. The van der Waals surface area contributed by atoms with Gasteiger partial charge in [-0.2, -0.15) is 0 Å². The predicted octanol–water partition coefficient (Wildman–Crippen LogP) is 3.65. The Bertz CT molecular complexity index is 936. The summed E-state index contributed by atoms with van der Waals surface area (Å²) >= 11 is 0. The number of nitrogens with one attached hydrogen (secondary N) is 1. The molecule has 1 aliphatic rings. The highest BCUT2D eigenvalue weighted by atomic mass is 16.5. The molecule has 1 saturated heterocycles. The summed E-state index contributed by atoms with van der Waals surface area (Å²) in [6.07, 6.45) is 1.52. The van der Waals surface area contributed by atoms with Crippen molar-refractivity contribution in [2.75, 3.05) is 39.7 Å². The number of anilines is 1. The van der Waals surface area contributed by atoms with Gasteiger partial charge in [-0.3, -0.25) is 9.69 Å². The fourth-order valence-corrected chi connectivity index (χ4v) is 3.92. The molecule has 0 spiro atoms. The van der Waals surface area contributed by atoms with E-state index in [4.69, 9.17) is 14.2 Å². The van der Waals surface area contributed by atoms with Crippen LogP contribution in [-0.2, 0) is 16.1 Å². The fourth-order valence-electron chi connectivity index (χ4n) is 3.92. The predicted molar refractivity (Wildman–Crippen MR) is 119 cm³/mol. The average Bonchev–Trinajstić information content (AvgIpc) is 2.78. The van der Waals surface area contributed by atoms with Crippen molar-refractivity contribution in [3.8, 4) is 11.5 Å². The van der Waals surface area contributed by atoms with Crippen molar-refractivity contribution in [2.45, 2.75) is 26.3 Å². The molecule has 2 aromatic rings. The Kier molecular flexibility index (Phi) is 7.52. The van der Waals surface area contributed by atoms with Gasteiger partial charge in [0.2, 0.25) is 5.91 Å². The monoisotopic (exact) mass is 426 g/mol. The zero-order chi connectivity index (χ0) is 22.4. The minimum atomic E-state index is -0.552. The third-order valence-electron chi connectivity index (χ3n) is 5.63. The number of carbonyl (C=O) groups excluding carboxylic acids is 2. The molecule has 0 atom stereocenters. The Hall–Kier alpha value is -3.06. The summed E-state index contributed by atoms with van der Waals surface area (Å²) in [7, 11) is 4.29. The molecule has 7 nitrogen and oxygen atoms in total. The van der Waals surface area contributed by atoms with Crippen LogP contribution in [0, 0.1) is 12.8 Å². The highest BCUT2D eigenvalue weighted by Crippen LogP contribution is 2.34. The highest BCUT2D eigenvalue weighted by Gasteiger charge is 2.27. The number of likely N-dealkylation sites (tertiary alicyclic amines) is 1. The molecule has 2 aromatic carbocycles. The molecule has 0 saturated carbocycles. The van der Waals surface area contributed by atoms with Crippen LogP contribution in [-0.4, -0.2) is 51.2 Å². The van der Waals surface area contributed by atoms with Crippen molar-refractivity contribution in [2.24, 2.45) is 5.92 Å². The smallest absolute Gasteiger partial charge is 0.340 e. The lowest BCUT2D eigenvalue weighted by Gasteiger charge is -2.31. The molecule has 1 N–H and O–H groups in total. The van der Waals surface area contributed by atoms with Crippen LogP contribution < -0.4 is 14.8 Å². The molecule has 0 aliphatic carbocycles. The second kappa shape index (κ2) is 10.3. The van der Waals surface area contributed by atoms with Crippen LogP contribution in [0.4, 0.5) is 5.69 Å². The Morgan fingerprint density at radius 3 is 2.32 bits per heavy atom. The number of nitrogens with zero attached hydrogens (tertiary/aromatic N) is 1. The number of hydrogen-bond donors (Lipinski definition) is 1. The Labute approximate surface area is 183 Å². The number of piperidine rings is 1. The van der Waals surface area contributed by atoms with Crippen molar-refractivity contribution >= 4 is 17.6 Å². The van der Waals surface area contributed by atoms with Crippen LogP contribution in [0.25, 0.3) is 0 Å². The topological polar surface area (TPSA) is 77.1 Å². The normalized spacial score (nSPS) is 14.7. The average molecular weight is 427 g/mol. The van der Waals surface area contributed by atoms with Gasteiger partial charge in [-0.25, -0.2) is 4.79 Å². The van der Waals surface area contributed by atoms with Crippen LogP contribution in [0.2, 0.25) is 0 Å². The van der Waals surface area contributed by atoms with E-state index in [9.17, 15) is 9.59 Å². The van der Waals surface area contributed by atoms with Gasteiger partial charge < -0.3 is 19.5 Å². The maximum absolute atomic E-state index is 12.9. The number of aryl methyl sites for hydroxylation is 1. The molecule has 0 aromatic heterocycles. The van der Waals surface area contributed by atoms with Gasteiger partial charge in [0.05, 0.1) is 32.6 Å². The van der Waals surface area contributed by atoms with Crippen LogP contribution >= 0.6 is 0 Å². The van der Waals surface area contributed by atoms with Crippen molar-refractivity contribution in [3.63, 3.8) is 0 Å². The Balaban J connectivity index is 1.66. The molecule has 166 valence electrons. The van der Waals surface area contributed by atoms with Crippen LogP contribution in [0.15, 0.2) is 36.4 Å². The van der Waals surface area contributed by atoms with E-state index in [2.05, 4.69) is 41.4 Å². The molecule has 0 unspecified atom stereocenters. The summed E-state index contributed by atoms with van der Waals surface area (Å²) in [5, 5.41) is 2.90. The van der Waals surface area contributed by atoms with Crippen molar-refractivity contribution < 1.29 is 23.8 Å². The molecular formula is C24H30N2O5. The summed E-state index contributed by atoms with van der Waals surface area (Å²) in [4.78, 5) is 27.5. The number of hydrogen-bond acceptors (Lipinski definition) is 6. The summed E-state index contributed by atoms with van der Waals surface area (Å²) in [6.45, 7) is 4.68. The van der Waals surface area contributed by atoms with Gasteiger partial charge in [-0.05, 0) is 38.4 Å². The fraction of sp³-hybridized carbons (Fsp3) is 0.417. The van der Waals surface area contributed by atoms with Crippen molar-refractivity contribution in [1.82, 2.24) is 4.90 Å². The number of benzene rings is 2. The minimum Gasteiger partial charge on any atom is -0.493 e. The van der Waals surface area contributed by atoms with Gasteiger partial charge in [-0.1, -0.05) is 29.8 Å². The quantitative estimate of drug-likeness (QED) is 0.681. The van der Waals surface area contributed by atoms with E-state index in [1.165, 1.54) is 38.5 Å². The lowest BCUT2D eigenvalue weighted by molar-refractivity contribution is -0.121. The summed E-state index contributed by atoms with van der Waals surface area (Å²) in [5.74, 6) is 0.0490. The third-order valence-corrected chi connectivity index (χ3v) is 5.63. The molecule has 1 aliphatic heterocycles. The standard InChI is InChI=1S/C24H30N2O5/c1-16-6-5-7-17(12-16)15-26-10-8-18(9-11-26)23(27)25-20-14-22(30-3)21(29-2)13-19(20)24(28)31-4/h5-7,12-14,18H,8-11,15H2,1-4H3,(H,25,27). The van der Waals surface area contributed by atoms with Crippen LogP contribution in [0.3, 0.4) is 0 Å². The number of esters is 1. The third kappa shape index (κ3) is 5.55. The van der Waals surface area contributed by atoms with E-state index < -0.39 is 5.97 Å². The van der Waals surface area contributed by atoms with Crippen LogP contribution in [0.1, 0.15) is 34.3 Å². The second-order valence-corrected chi connectivity index (χ2v) is 7.77. The number of rotatable bonds is 7. The summed E-state index contributed by atoms with van der Waals surface area (Å²) in [5.41, 5.74) is 3.13. The van der Waals surface area contributed by atoms with E-state index in [1.54, 1.807) is 6.07 Å². The first-order chi connectivity index (χ1) is 14.9. The second-order valence-electron chi connectivity index (χ2n) is 7.77. The van der Waals surface area contributed by atoms with E-state index in [0.717, 1.165) is 32.5 Å². The first kappa shape index (κ1) is 22.6. The van der Waals surface area contributed by atoms with Gasteiger partial charge in [0.1, 0.15) is 0 Å². The lowest BCUT2D eigenvalue weighted by atomic mass is 9.95. The molecule has 31 heavy (non-hydrogen) atoms. The zero-order valence-electron chi connectivity index (χ0n) is 18.6. The van der Waals surface area contributed by atoms with Crippen molar-refractivity contribution in [3.05, 3.63) is 53.1 Å². The van der Waals surface area contributed by atoms with Gasteiger partial charge in [0.25, 0.3) is 0 Å². The highest BCUT2D eigenvalue weighted by molar-refractivity contribution is 6.02. The molecule has 7 heteroatoms. The molecule has 3 rings (SSSR count). The first-order valence-corrected chi connectivity index (χ1v) is 10.4. The lowest BCUT2D eigenvalue weighted by Crippen LogP contribution is -2.38. The van der Waals surface area contributed by atoms with E-state index >= 15 is 0 Å². The molecular weight excluding hydrogens is 396 g/mol. The molecule has 0 bridgehead atoms.